The Hall–Kier alpha value is -3.93. The van der Waals surface area contributed by atoms with Crippen molar-refractivity contribution in [2.75, 3.05) is 13.7 Å². The molecule has 0 aliphatic carbocycles. The standard InChI is InChI=1S/C30H33N3O3/c1-6-25(32(19-20(2)3)29(34)22-14-8-7-13-21(22)4)28-31-24-16-10-9-15-23(24)30(35)33(28)26-17-11-12-18-27(26)36-5/h7-18,20,25H,6,19H2,1-5H3. The number of aromatic nitrogens is 2. The minimum absolute atomic E-state index is 0.0670. The van der Waals surface area contributed by atoms with E-state index in [1.807, 2.05) is 85.5 Å². The quantitative estimate of drug-likeness (QED) is 0.311. The van der Waals surface area contributed by atoms with Gasteiger partial charge < -0.3 is 9.64 Å². The summed E-state index contributed by atoms with van der Waals surface area (Å²) in [5.41, 5.74) is 2.59. The number of aryl methyl sites for hydroxylation is 1. The topological polar surface area (TPSA) is 64.4 Å². The van der Waals surface area contributed by atoms with Crippen molar-refractivity contribution in [2.45, 2.75) is 40.2 Å². The highest BCUT2D eigenvalue weighted by atomic mass is 16.5. The van der Waals surface area contributed by atoms with Crippen molar-refractivity contribution >= 4 is 16.8 Å². The molecule has 0 N–H and O–H groups in total. The Kier molecular flexibility index (Phi) is 7.53. The van der Waals surface area contributed by atoms with Gasteiger partial charge in [0.25, 0.3) is 11.5 Å². The van der Waals surface area contributed by atoms with Gasteiger partial charge in [-0.2, -0.15) is 0 Å². The van der Waals surface area contributed by atoms with Crippen LogP contribution in [0, 0.1) is 12.8 Å². The zero-order valence-corrected chi connectivity index (χ0v) is 21.6. The number of ether oxygens (including phenoxy) is 1. The van der Waals surface area contributed by atoms with E-state index in [1.54, 1.807) is 17.7 Å². The number of hydrogen-bond donors (Lipinski definition) is 0. The fourth-order valence-corrected chi connectivity index (χ4v) is 4.68. The van der Waals surface area contributed by atoms with Gasteiger partial charge >= 0.3 is 0 Å². The lowest BCUT2D eigenvalue weighted by molar-refractivity contribution is 0.0630. The van der Waals surface area contributed by atoms with Gasteiger partial charge in [-0.15, -0.1) is 0 Å². The molecule has 6 heteroatoms. The summed E-state index contributed by atoms with van der Waals surface area (Å²) < 4.78 is 7.24. The van der Waals surface area contributed by atoms with E-state index in [-0.39, 0.29) is 17.4 Å². The molecular weight excluding hydrogens is 450 g/mol. The number of methoxy groups -OCH3 is 1. The fourth-order valence-electron chi connectivity index (χ4n) is 4.68. The number of rotatable bonds is 8. The molecule has 1 atom stereocenters. The summed E-state index contributed by atoms with van der Waals surface area (Å²) in [5.74, 6) is 1.24. The molecule has 4 rings (SSSR count). The van der Waals surface area contributed by atoms with Gasteiger partial charge in [-0.25, -0.2) is 4.98 Å². The first kappa shape index (κ1) is 25.2. The van der Waals surface area contributed by atoms with Crippen LogP contribution >= 0.6 is 0 Å². The molecule has 0 bridgehead atoms. The minimum atomic E-state index is -0.429. The van der Waals surface area contributed by atoms with E-state index < -0.39 is 6.04 Å². The molecule has 4 aromatic rings. The zero-order valence-electron chi connectivity index (χ0n) is 21.6. The molecular formula is C30H33N3O3. The first-order valence-corrected chi connectivity index (χ1v) is 12.4. The van der Waals surface area contributed by atoms with Gasteiger partial charge in [-0.05, 0) is 55.2 Å². The van der Waals surface area contributed by atoms with Crippen LogP contribution in [0.4, 0.5) is 0 Å². The van der Waals surface area contributed by atoms with Crippen LogP contribution in [0.1, 0.15) is 55.0 Å². The first-order valence-electron chi connectivity index (χ1n) is 12.4. The number of benzene rings is 3. The third kappa shape index (κ3) is 4.76. The van der Waals surface area contributed by atoms with Crippen molar-refractivity contribution in [1.29, 1.82) is 0 Å². The molecule has 6 nitrogen and oxygen atoms in total. The number of fused-ring (bicyclic) bond motifs is 1. The van der Waals surface area contributed by atoms with Gasteiger partial charge in [0.2, 0.25) is 0 Å². The second kappa shape index (κ2) is 10.8. The Balaban J connectivity index is 2.00. The van der Waals surface area contributed by atoms with E-state index in [2.05, 4.69) is 13.8 Å². The first-order chi connectivity index (χ1) is 17.4. The van der Waals surface area contributed by atoms with Crippen LogP contribution in [-0.4, -0.2) is 34.0 Å². The summed E-state index contributed by atoms with van der Waals surface area (Å²) in [4.78, 5) is 34.8. The van der Waals surface area contributed by atoms with Gasteiger partial charge in [-0.1, -0.05) is 63.2 Å². The molecule has 0 spiro atoms. The Labute approximate surface area is 212 Å². The van der Waals surface area contributed by atoms with Crippen LogP contribution < -0.4 is 10.3 Å². The molecule has 1 heterocycles. The smallest absolute Gasteiger partial charge is 0.266 e. The van der Waals surface area contributed by atoms with E-state index in [0.29, 0.717) is 46.7 Å². The maximum Gasteiger partial charge on any atom is 0.266 e. The van der Waals surface area contributed by atoms with E-state index in [1.165, 1.54) is 0 Å². The van der Waals surface area contributed by atoms with Gasteiger partial charge in [0.15, 0.2) is 0 Å². The van der Waals surface area contributed by atoms with Gasteiger partial charge in [0, 0.05) is 12.1 Å². The highest BCUT2D eigenvalue weighted by Crippen LogP contribution is 2.31. The third-order valence-corrected chi connectivity index (χ3v) is 6.39. The lowest BCUT2D eigenvalue weighted by atomic mass is 10.0. The number of carbonyl (C=O) groups excluding carboxylic acids is 1. The van der Waals surface area contributed by atoms with Crippen molar-refractivity contribution in [2.24, 2.45) is 5.92 Å². The van der Waals surface area contributed by atoms with Gasteiger partial charge in [-0.3, -0.25) is 14.2 Å². The summed E-state index contributed by atoms with van der Waals surface area (Å²) in [6.07, 6.45) is 0.588. The number of nitrogens with zero attached hydrogens (tertiary/aromatic N) is 3. The van der Waals surface area contributed by atoms with Crippen LogP contribution in [0.25, 0.3) is 16.6 Å². The molecule has 1 aromatic heterocycles. The molecule has 36 heavy (non-hydrogen) atoms. The van der Waals surface area contributed by atoms with E-state index in [0.717, 1.165) is 5.56 Å². The van der Waals surface area contributed by atoms with Gasteiger partial charge in [0.1, 0.15) is 11.6 Å². The summed E-state index contributed by atoms with van der Waals surface area (Å²) in [7, 11) is 1.59. The van der Waals surface area contributed by atoms with Crippen molar-refractivity contribution in [3.8, 4) is 11.4 Å². The Morgan fingerprint density at radius 3 is 2.36 bits per heavy atom. The second-order valence-corrected chi connectivity index (χ2v) is 9.39. The lowest BCUT2D eigenvalue weighted by Crippen LogP contribution is -2.40. The molecule has 3 aromatic carbocycles. The predicted molar refractivity (Wildman–Crippen MR) is 144 cm³/mol. The average Bonchev–Trinajstić information content (AvgIpc) is 2.88. The maximum atomic E-state index is 14.0. The largest absolute Gasteiger partial charge is 0.495 e. The molecule has 0 saturated heterocycles. The summed E-state index contributed by atoms with van der Waals surface area (Å²) in [6.45, 7) is 8.68. The third-order valence-electron chi connectivity index (χ3n) is 6.39. The van der Waals surface area contributed by atoms with Crippen molar-refractivity contribution < 1.29 is 9.53 Å². The fraction of sp³-hybridized carbons (Fsp3) is 0.300. The van der Waals surface area contributed by atoms with Crippen molar-refractivity contribution in [3.05, 3.63) is 100 Å². The lowest BCUT2D eigenvalue weighted by Gasteiger charge is -2.34. The SMILES string of the molecule is CCC(c1nc2ccccc2c(=O)n1-c1ccccc1OC)N(CC(C)C)C(=O)c1ccccc1C. The Bertz CT molecular complexity index is 1440. The van der Waals surface area contributed by atoms with Gasteiger partial charge in [0.05, 0.1) is 29.7 Å². The normalized spacial score (nSPS) is 12.1. The number of hydrogen-bond acceptors (Lipinski definition) is 4. The van der Waals surface area contributed by atoms with Crippen molar-refractivity contribution in [3.63, 3.8) is 0 Å². The van der Waals surface area contributed by atoms with Crippen LogP contribution in [0.2, 0.25) is 0 Å². The van der Waals surface area contributed by atoms with Crippen LogP contribution in [0.5, 0.6) is 5.75 Å². The molecule has 0 aliphatic heterocycles. The monoisotopic (exact) mass is 483 g/mol. The Morgan fingerprint density at radius 2 is 1.67 bits per heavy atom. The van der Waals surface area contributed by atoms with Crippen LogP contribution in [-0.2, 0) is 0 Å². The zero-order chi connectivity index (χ0) is 25.8. The summed E-state index contributed by atoms with van der Waals surface area (Å²) in [5, 5.41) is 0.516. The number of carbonyl (C=O) groups is 1. The highest BCUT2D eigenvalue weighted by Gasteiger charge is 2.31. The minimum Gasteiger partial charge on any atom is -0.495 e. The molecule has 0 aliphatic rings. The predicted octanol–water partition coefficient (Wildman–Crippen LogP) is 5.95. The summed E-state index contributed by atoms with van der Waals surface area (Å²) >= 11 is 0. The molecule has 0 fully saturated rings. The Morgan fingerprint density at radius 1 is 1.00 bits per heavy atom. The van der Waals surface area contributed by atoms with E-state index in [9.17, 15) is 9.59 Å². The number of amides is 1. The molecule has 1 amide bonds. The maximum absolute atomic E-state index is 14.0. The average molecular weight is 484 g/mol. The number of para-hydroxylation sites is 3. The van der Waals surface area contributed by atoms with E-state index >= 15 is 0 Å². The molecule has 1 unspecified atom stereocenters. The molecule has 0 saturated carbocycles. The van der Waals surface area contributed by atoms with Crippen LogP contribution in [0.3, 0.4) is 0 Å². The van der Waals surface area contributed by atoms with E-state index in [4.69, 9.17) is 9.72 Å². The molecule has 0 radical (unpaired) electrons. The van der Waals surface area contributed by atoms with Crippen molar-refractivity contribution in [1.82, 2.24) is 14.5 Å². The second-order valence-electron chi connectivity index (χ2n) is 9.39. The molecule has 186 valence electrons. The highest BCUT2D eigenvalue weighted by molar-refractivity contribution is 5.96. The summed E-state index contributed by atoms with van der Waals surface area (Å²) in [6, 6.07) is 21.9. The van der Waals surface area contributed by atoms with Crippen LogP contribution in [0.15, 0.2) is 77.6 Å².